The Hall–Kier alpha value is -1.54. The first kappa shape index (κ1) is 17.8. The number of carbonyl (C=O) groups excluding carboxylic acids is 1. The van der Waals surface area contributed by atoms with Gasteiger partial charge in [-0.3, -0.25) is 4.79 Å². The van der Waals surface area contributed by atoms with Gasteiger partial charge in [0.05, 0.1) is 5.54 Å². The second-order valence-corrected chi connectivity index (χ2v) is 8.08. The minimum absolute atomic E-state index is 0.109. The van der Waals surface area contributed by atoms with E-state index in [0.29, 0.717) is 12.8 Å². The van der Waals surface area contributed by atoms with Crippen LogP contribution in [0.1, 0.15) is 31.7 Å². The molecule has 0 aromatic heterocycles. The van der Waals surface area contributed by atoms with Gasteiger partial charge in [-0.2, -0.15) is 0 Å². The van der Waals surface area contributed by atoms with Crippen molar-refractivity contribution in [3.05, 3.63) is 35.4 Å². The van der Waals surface area contributed by atoms with Crippen molar-refractivity contribution in [2.75, 3.05) is 14.1 Å². The van der Waals surface area contributed by atoms with Gasteiger partial charge in [0.15, 0.2) is 5.25 Å². The van der Waals surface area contributed by atoms with Crippen LogP contribution in [0.25, 0.3) is 0 Å². The van der Waals surface area contributed by atoms with Crippen molar-refractivity contribution >= 4 is 15.9 Å². The summed E-state index contributed by atoms with van der Waals surface area (Å²) in [5, 5.41) is -1.29. The fourth-order valence-corrected chi connectivity index (χ4v) is 4.20. The third kappa shape index (κ3) is 3.37. The molecule has 1 N–H and O–H groups in total. The summed E-state index contributed by atoms with van der Waals surface area (Å²) in [7, 11) is -1.07. The smallest absolute Gasteiger partial charge is 0.241 e. The van der Waals surface area contributed by atoms with Gasteiger partial charge in [0.25, 0.3) is 0 Å². The molecule has 128 valence electrons. The zero-order valence-electron chi connectivity index (χ0n) is 13.3. The number of amides is 1. The van der Waals surface area contributed by atoms with Crippen LogP contribution in [-0.4, -0.2) is 38.6 Å². The van der Waals surface area contributed by atoms with Crippen LogP contribution in [-0.2, 0) is 20.4 Å². The van der Waals surface area contributed by atoms with E-state index >= 15 is 0 Å². The Morgan fingerprint density at radius 3 is 2.35 bits per heavy atom. The predicted octanol–water partition coefficient (Wildman–Crippen LogP) is 1.74. The van der Waals surface area contributed by atoms with Gasteiger partial charge < -0.3 is 4.90 Å². The second kappa shape index (κ2) is 6.16. The SMILES string of the molecule is C[C@H](C(=O)N(C)C)S(=O)(=O)NC1(c2ccc(F)cc2F)CCC1. The van der Waals surface area contributed by atoms with Gasteiger partial charge in [-0.15, -0.1) is 0 Å². The lowest BCUT2D eigenvalue weighted by molar-refractivity contribution is -0.127. The van der Waals surface area contributed by atoms with Crippen LogP contribution in [0.3, 0.4) is 0 Å². The lowest BCUT2D eigenvalue weighted by Crippen LogP contribution is -2.55. The van der Waals surface area contributed by atoms with Gasteiger partial charge in [0.1, 0.15) is 11.6 Å². The van der Waals surface area contributed by atoms with Gasteiger partial charge in [0.2, 0.25) is 15.9 Å². The number of hydrogen-bond donors (Lipinski definition) is 1. The van der Waals surface area contributed by atoms with Crippen molar-refractivity contribution in [1.29, 1.82) is 0 Å². The van der Waals surface area contributed by atoms with E-state index in [4.69, 9.17) is 0 Å². The fraction of sp³-hybridized carbons (Fsp3) is 0.533. The van der Waals surface area contributed by atoms with Crippen LogP contribution in [0.2, 0.25) is 0 Å². The van der Waals surface area contributed by atoms with Crippen molar-refractivity contribution in [3.8, 4) is 0 Å². The molecule has 1 amide bonds. The molecular weight excluding hydrogens is 326 g/mol. The molecule has 1 aromatic rings. The maximum absolute atomic E-state index is 14.1. The minimum Gasteiger partial charge on any atom is -0.348 e. The van der Waals surface area contributed by atoms with Crippen LogP contribution in [0.15, 0.2) is 18.2 Å². The number of benzene rings is 1. The number of hydrogen-bond acceptors (Lipinski definition) is 3. The molecule has 23 heavy (non-hydrogen) atoms. The zero-order valence-corrected chi connectivity index (χ0v) is 14.1. The van der Waals surface area contributed by atoms with E-state index in [1.807, 2.05) is 0 Å². The highest BCUT2D eigenvalue weighted by Gasteiger charge is 2.45. The summed E-state index contributed by atoms with van der Waals surface area (Å²) in [6, 6.07) is 3.09. The Labute approximate surface area is 134 Å². The van der Waals surface area contributed by atoms with Crippen LogP contribution >= 0.6 is 0 Å². The lowest BCUT2D eigenvalue weighted by Gasteiger charge is -2.43. The highest BCUT2D eigenvalue weighted by atomic mass is 32.2. The van der Waals surface area contributed by atoms with Crippen LogP contribution in [0.5, 0.6) is 0 Å². The maximum Gasteiger partial charge on any atom is 0.241 e. The van der Waals surface area contributed by atoms with Gasteiger partial charge in [0, 0.05) is 25.7 Å². The fourth-order valence-electron chi connectivity index (χ4n) is 2.69. The first-order valence-electron chi connectivity index (χ1n) is 7.28. The minimum atomic E-state index is -4.00. The third-order valence-corrected chi connectivity index (χ3v) is 6.05. The Bertz CT molecular complexity index is 715. The molecule has 0 heterocycles. The van der Waals surface area contributed by atoms with E-state index in [2.05, 4.69) is 4.72 Å². The normalized spacial score (nSPS) is 18.1. The van der Waals surface area contributed by atoms with Crippen LogP contribution in [0.4, 0.5) is 8.78 Å². The van der Waals surface area contributed by atoms with Gasteiger partial charge in [-0.05, 0) is 32.3 Å². The molecule has 0 unspecified atom stereocenters. The quantitative estimate of drug-likeness (QED) is 0.883. The monoisotopic (exact) mass is 346 g/mol. The number of sulfonamides is 1. The van der Waals surface area contributed by atoms with E-state index in [1.54, 1.807) is 0 Å². The molecule has 1 aromatic carbocycles. The number of carbonyl (C=O) groups is 1. The maximum atomic E-state index is 14.1. The first-order valence-corrected chi connectivity index (χ1v) is 8.83. The molecule has 1 atom stereocenters. The van der Waals surface area contributed by atoms with Crippen molar-refractivity contribution in [2.45, 2.75) is 37.0 Å². The molecule has 5 nitrogen and oxygen atoms in total. The van der Waals surface area contributed by atoms with Gasteiger partial charge in [-0.25, -0.2) is 21.9 Å². The number of rotatable bonds is 5. The Balaban J connectivity index is 2.33. The Morgan fingerprint density at radius 2 is 1.91 bits per heavy atom. The highest BCUT2D eigenvalue weighted by Crippen LogP contribution is 2.43. The number of nitrogens with zero attached hydrogens (tertiary/aromatic N) is 1. The Kier molecular flexibility index (Phi) is 4.77. The molecule has 0 spiro atoms. The summed E-state index contributed by atoms with van der Waals surface area (Å²) in [6.07, 6.45) is 1.52. The van der Waals surface area contributed by atoms with Crippen molar-refractivity contribution in [1.82, 2.24) is 9.62 Å². The van der Waals surface area contributed by atoms with E-state index in [0.717, 1.165) is 18.6 Å². The summed E-state index contributed by atoms with van der Waals surface area (Å²) in [6.45, 7) is 1.29. The molecule has 0 aliphatic heterocycles. The molecule has 1 aliphatic rings. The average Bonchev–Trinajstić information content (AvgIpc) is 2.41. The van der Waals surface area contributed by atoms with Crippen molar-refractivity contribution < 1.29 is 22.0 Å². The summed E-state index contributed by atoms with van der Waals surface area (Å²) in [4.78, 5) is 13.1. The van der Waals surface area contributed by atoms with E-state index < -0.39 is 38.4 Å². The van der Waals surface area contributed by atoms with Crippen LogP contribution in [0, 0.1) is 11.6 Å². The third-order valence-electron chi connectivity index (χ3n) is 4.25. The summed E-state index contributed by atoms with van der Waals surface area (Å²) >= 11 is 0. The summed E-state index contributed by atoms with van der Waals surface area (Å²) < 4.78 is 54.6. The van der Waals surface area contributed by atoms with E-state index in [-0.39, 0.29) is 5.56 Å². The molecule has 0 bridgehead atoms. The lowest BCUT2D eigenvalue weighted by atomic mass is 9.72. The van der Waals surface area contributed by atoms with Gasteiger partial charge >= 0.3 is 0 Å². The molecule has 0 radical (unpaired) electrons. The Morgan fingerprint density at radius 1 is 1.30 bits per heavy atom. The largest absolute Gasteiger partial charge is 0.348 e. The molecule has 1 fully saturated rings. The number of nitrogens with one attached hydrogen (secondary N) is 1. The number of halogens is 2. The van der Waals surface area contributed by atoms with Crippen molar-refractivity contribution in [2.24, 2.45) is 0 Å². The highest BCUT2D eigenvalue weighted by molar-refractivity contribution is 7.90. The average molecular weight is 346 g/mol. The van der Waals surface area contributed by atoms with Crippen LogP contribution < -0.4 is 4.72 Å². The molecule has 1 saturated carbocycles. The molecule has 0 saturated heterocycles. The molecular formula is C15H20F2N2O3S. The zero-order chi connectivity index (χ0) is 17.4. The summed E-state index contributed by atoms with van der Waals surface area (Å²) in [5.41, 5.74) is -1.00. The molecule has 2 rings (SSSR count). The molecule has 1 aliphatic carbocycles. The topological polar surface area (TPSA) is 66.5 Å². The second-order valence-electron chi connectivity index (χ2n) is 6.08. The van der Waals surface area contributed by atoms with E-state index in [9.17, 15) is 22.0 Å². The predicted molar refractivity (Wildman–Crippen MR) is 82.1 cm³/mol. The standard InChI is InChI=1S/C15H20F2N2O3S/c1-10(14(20)19(2)3)23(21,22)18-15(7-4-8-15)12-6-5-11(16)9-13(12)17/h5-6,9-10,18H,4,7-8H2,1-3H3/t10-/m1/s1. The summed E-state index contributed by atoms with van der Waals surface area (Å²) in [5.74, 6) is -2.08. The van der Waals surface area contributed by atoms with E-state index in [1.165, 1.54) is 32.0 Å². The first-order chi connectivity index (χ1) is 10.6. The van der Waals surface area contributed by atoms with Gasteiger partial charge in [-0.1, -0.05) is 6.07 Å². The molecule has 8 heteroatoms. The van der Waals surface area contributed by atoms with Crippen molar-refractivity contribution in [3.63, 3.8) is 0 Å².